The first-order valence-corrected chi connectivity index (χ1v) is 6.74. The van der Waals surface area contributed by atoms with Gasteiger partial charge in [-0.3, -0.25) is 14.5 Å². The van der Waals surface area contributed by atoms with Gasteiger partial charge in [-0.15, -0.1) is 11.3 Å². The fourth-order valence-corrected chi connectivity index (χ4v) is 2.19. The lowest BCUT2D eigenvalue weighted by Crippen LogP contribution is -2.38. The Morgan fingerprint density at radius 3 is 2.32 bits per heavy atom. The molecule has 0 radical (unpaired) electrons. The number of carbonyl (C=O) groups is 2. The molecule has 0 bridgehead atoms. The molecule has 0 saturated carbocycles. The Hall–Kier alpha value is -1.47. The number of amides is 2. The van der Waals surface area contributed by atoms with Crippen molar-refractivity contribution in [1.29, 1.82) is 0 Å². The van der Waals surface area contributed by atoms with Crippen LogP contribution in [0, 0.1) is 13.8 Å². The molecule has 0 aromatic carbocycles. The lowest BCUT2D eigenvalue weighted by molar-refractivity contribution is -0.130. The van der Waals surface area contributed by atoms with Gasteiger partial charge in [-0.2, -0.15) is 0 Å². The van der Waals surface area contributed by atoms with Crippen LogP contribution in [0.3, 0.4) is 0 Å². The van der Waals surface area contributed by atoms with Crippen LogP contribution in [0.1, 0.15) is 10.6 Å². The first kappa shape index (κ1) is 15.6. The molecule has 0 fully saturated rings. The van der Waals surface area contributed by atoms with E-state index in [9.17, 15) is 9.59 Å². The van der Waals surface area contributed by atoms with E-state index in [1.807, 2.05) is 13.8 Å². The molecule has 0 unspecified atom stereocenters. The summed E-state index contributed by atoms with van der Waals surface area (Å²) in [6.07, 6.45) is 0. The van der Waals surface area contributed by atoms with E-state index in [1.54, 1.807) is 26.0 Å². The molecule has 1 aromatic rings. The number of likely N-dealkylation sites (N-methyl/N-ethyl adjacent to an activating group) is 2. The third-order valence-corrected chi connectivity index (χ3v) is 3.58. The van der Waals surface area contributed by atoms with Crippen LogP contribution in [0.4, 0.5) is 5.13 Å². The van der Waals surface area contributed by atoms with Crippen LogP contribution < -0.4 is 5.32 Å². The number of nitrogens with one attached hydrogen (secondary N) is 1. The second-order valence-corrected chi connectivity index (χ2v) is 5.87. The van der Waals surface area contributed by atoms with Crippen molar-refractivity contribution in [3.8, 4) is 0 Å². The second-order valence-electron chi connectivity index (χ2n) is 4.67. The van der Waals surface area contributed by atoms with Crippen molar-refractivity contribution < 1.29 is 9.59 Å². The van der Waals surface area contributed by atoms with Crippen molar-refractivity contribution >= 4 is 28.3 Å². The van der Waals surface area contributed by atoms with Crippen molar-refractivity contribution in [2.45, 2.75) is 13.8 Å². The molecule has 0 aliphatic heterocycles. The lowest BCUT2D eigenvalue weighted by atomic mass is 10.4. The Bertz CT molecular complexity index is 451. The van der Waals surface area contributed by atoms with E-state index in [-0.39, 0.29) is 24.9 Å². The fourth-order valence-electron chi connectivity index (χ4n) is 1.36. The Morgan fingerprint density at radius 1 is 1.21 bits per heavy atom. The van der Waals surface area contributed by atoms with E-state index < -0.39 is 0 Å². The van der Waals surface area contributed by atoms with E-state index in [1.165, 1.54) is 16.2 Å². The predicted molar refractivity (Wildman–Crippen MR) is 76.4 cm³/mol. The summed E-state index contributed by atoms with van der Waals surface area (Å²) in [5.74, 6) is -0.195. The monoisotopic (exact) mass is 284 g/mol. The highest BCUT2D eigenvalue weighted by Crippen LogP contribution is 2.20. The quantitative estimate of drug-likeness (QED) is 0.865. The van der Waals surface area contributed by atoms with Crippen molar-refractivity contribution in [1.82, 2.24) is 14.8 Å². The van der Waals surface area contributed by atoms with E-state index in [4.69, 9.17) is 0 Å². The van der Waals surface area contributed by atoms with Crippen LogP contribution in [-0.2, 0) is 9.59 Å². The molecule has 1 heterocycles. The molecule has 0 aliphatic carbocycles. The molecule has 1 N–H and O–H groups in total. The van der Waals surface area contributed by atoms with E-state index in [2.05, 4.69) is 10.3 Å². The van der Waals surface area contributed by atoms with Crippen LogP contribution in [0.15, 0.2) is 0 Å². The predicted octanol–water partition coefficient (Wildman–Crippen LogP) is 0.718. The third kappa shape index (κ3) is 4.96. The first-order valence-electron chi connectivity index (χ1n) is 5.92. The Labute approximate surface area is 117 Å². The Morgan fingerprint density at radius 2 is 1.84 bits per heavy atom. The molecule has 106 valence electrons. The molecule has 19 heavy (non-hydrogen) atoms. The van der Waals surface area contributed by atoms with Crippen LogP contribution in [0.5, 0.6) is 0 Å². The summed E-state index contributed by atoms with van der Waals surface area (Å²) < 4.78 is 0. The number of hydrogen-bond acceptors (Lipinski definition) is 5. The highest BCUT2D eigenvalue weighted by molar-refractivity contribution is 7.15. The van der Waals surface area contributed by atoms with E-state index >= 15 is 0 Å². The Kier molecular flexibility index (Phi) is 5.44. The summed E-state index contributed by atoms with van der Waals surface area (Å²) in [7, 11) is 5.12. The minimum Gasteiger partial charge on any atom is -0.348 e. The van der Waals surface area contributed by atoms with Crippen molar-refractivity contribution in [2.24, 2.45) is 0 Å². The molecule has 6 nitrogen and oxygen atoms in total. The number of aryl methyl sites for hydroxylation is 2. The number of rotatable bonds is 5. The number of anilines is 1. The largest absolute Gasteiger partial charge is 0.348 e. The molecular weight excluding hydrogens is 264 g/mol. The van der Waals surface area contributed by atoms with Gasteiger partial charge in [-0.05, 0) is 20.9 Å². The lowest BCUT2D eigenvalue weighted by Gasteiger charge is -2.17. The number of aromatic nitrogens is 1. The number of thiazole rings is 1. The zero-order chi connectivity index (χ0) is 14.6. The normalized spacial score (nSPS) is 10.6. The van der Waals surface area contributed by atoms with Gasteiger partial charge in [-0.25, -0.2) is 4.98 Å². The molecule has 7 heteroatoms. The van der Waals surface area contributed by atoms with E-state index in [0.717, 1.165) is 10.6 Å². The highest BCUT2D eigenvalue weighted by atomic mass is 32.1. The van der Waals surface area contributed by atoms with Gasteiger partial charge in [0, 0.05) is 19.0 Å². The number of carbonyl (C=O) groups excluding carboxylic acids is 2. The first-order chi connectivity index (χ1) is 8.79. The smallest absolute Gasteiger partial charge is 0.240 e. The minimum absolute atomic E-state index is 0.0313. The maximum atomic E-state index is 11.8. The van der Waals surface area contributed by atoms with Gasteiger partial charge >= 0.3 is 0 Å². The van der Waals surface area contributed by atoms with Gasteiger partial charge in [0.05, 0.1) is 18.8 Å². The summed E-state index contributed by atoms with van der Waals surface area (Å²) in [5.41, 5.74) is 0.927. The van der Waals surface area contributed by atoms with Crippen molar-refractivity contribution in [3.63, 3.8) is 0 Å². The summed E-state index contributed by atoms with van der Waals surface area (Å²) in [6, 6.07) is 0. The highest BCUT2D eigenvalue weighted by Gasteiger charge is 2.13. The molecular formula is C12H20N4O2S. The van der Waals surface area contributed by atoms with Gasteiger partial charge in [0.1, 0.15) is 0 Å². The average molecular weight is 284 g/mol. The summed E-state index contributed by atoms with van der Waals surface area (Å²) in [4.78, 5) is 31.8. The minimum atomic E-state index is -0.164. The molecule has 0 spiro atoms. The van der Waals surface area contributed by atoms with Crippen molar-refractivity contribution in [3.05, 3.63) is 10.6 Å². The number of nitrogens with zero attached hydrogens (tertiary/aromatic N) is 3. The van der Waals surface area contributed by atoms with Crippen LogP contribution in [-0.4, -0.2) is 60.8 Å². The average Bonchev–Trinajstić information content (AvgIpc) is 2.56. The summed E-state index contributed by atoms with van der Waals surface area (Å²) >= 11 is 1.45. The molecule has 2 amide bonds. The topological polar surface area (TPSA) is 65.5 Å². The zero-order valence-electron chi connectivity index (χ0n) is 12.0. The molecule has 0 atom stereocenters. The molecule has 1 aromatic heterocycles. The number of hydrogen-bond donors (Lipinski definition) is 1. The zero-order valence-corrected chi connectivity index (χ0v) is 12.8. The van der Waals surface area contributed by atoms with Crippen LogP contribution in [0.2, 0.25) is 0 Å². The van der Waals surface area contributed by atoms with Crippen LogP contribution in [0.25, 0.3) is 0 Å². The van der Waals surface area contributed by atoms with Gasteiger partial charge in [0.15, 0.2) is 5.13 Å². The van der Waals surface area contributed by atoms with E-state index in [0.29, 0.717) is 5.13 Å². The molecule has 1 rings (SSSR count). The summed E-state index contributed by atoms with van der Waals surface area (Å²) in [6.45, 7) is 4.25. The maximum absolute atomic E-state index is 11.8. The standard InChI is InChI=1S/C12H20N4O2S/c1-8-9(2)19-12(13-8)14-10(17)6-16(5)7-11(18)15(3)4/h6-7H2,1-5H3,(H,13,14,17). The molecule has 0 aliphatic rings. The molecule has 0 saturated heterocycles. The summed E-state index contributed by atoms with van der Waals surface area (Å²) in [5, 5.41) is 3.34. The van der Waals surface area contributed by atoms with Gasteiger partial charge in [-0.1, -0.05) is 0 Å². The van der Waals surface area contributed by atoms with Gasteiger partial charge in [0.25, 0.3) is 0 Å². The fraction of sp³-hybridized carbons (Fsp3) is 0.583. The van der Waals surface area contributed by atoms with Crippen molar-refractivity contribution in [2.75, 3.05) is 39.5 Å². The van der Waals surface area contributed by atoms with Crippen LogP contribution >= 0.6 is 11.3 Å². The van der Waals surface area contributed by atoms with Gasteiger partial charge in [0.2, 0.25) is 11.8 Å². The third-order valence-electron chi connectivity index (χ3n) is 2.59. The maximum Gasteiger partial charge on any atom is 0.240 e. The second kappa shape index (κ2) is 6.63. The Balaban J connectivity index is 2.45. The van der Waals surface area contributed by atoms with Gasteiger partial charge < -0.3 is 10.2 Å². The SMILES string of the molecule is Cc1nc(NC(=O)CN(C)CC(=O)N(C)C)sc1C.